The van der Waals surface area contributed by atoms with E-state index in [-0.39, 0.29) is 4.90 Å². The van der Waals surface area contributed by atoms with Crippen LogP contribution in [0, 0.1) is 23.0 Å². The van der Waals surface area contributed by atoms with Gasteiger partial charge in [-0.3, -0.25) is 0 Å². The van der Waals surface area contributed by atoms with Gasteiger partial charge in [0.25, 0.3) is 0 Å². The lowest BCUT2D eigenvalue weighted by molar-refractivity contribution is 0.577. The molecule has 0 unspecified atom stereocenters. The second-order valence-corrected chi connectivity index (χ2v) is 5.40. The van der Waals surface area contributed by atoms with E-state index in [1.807, 2.05) is 6.07 Å². The minimum Gasteiger partial charge on any atom is -0.207 e. The van der Waals surface area contributed by atoms with Crippen LogP contribution in [0.15, 0.2) is 50.7 Å². The summed E-state index contributed by atoms with van der Waals surface area (Å²) in [4.78, 5) is 0.942. The minimum atomic E-state index is -0.480. The van der Waals surface area contributed by atoms with Gasteiger partial charge in [-0.05, 0) is 52.3 Å². The van der Waals surface area contributed by atoms with E-state index in [4.69, 9.17) is 5.26 Å². The Morgan fingerprint density at radius 3 is 2.56 bits per heavy atom. The number of nitrogens with zero attached hydrogens (tertiary/aromatic N) is 1. The first-order valence-corrected chi connectivity index (χ1v) is 6.53. The van der Waals surface area contributed by atoms with Gasteiger partial charge in [-0.2, -0.15) is 5.26 Å². The first kappa shape index (κ1) is 13.1. The zero-order chi connectivity index (χ0) is 13.1. The fourth-order valence-corrected chi connectivity index (χ4v) is 2.86. The molecule has 0 radical (unpaired) electrons. The fraction of sp³-hybridized carbons (Fsp3) is 0. The number of rotatable bonds is 2. The van der Waals surface area contributed by atoms with Crippen molar-refractivity contribution in [3.05, 3.63) is 58.1 Å². The van der Waals surface area contributed by atoms with Crippen LogP contribution in [-0.4, -0.2) is 0 Å². The molecule has 0 amide bonds. The average molecular weight is 326 g/mol. The van der Waals surface area contributed by atoms with E-state index >= 15 is 0 Å². The van der Waals surface area contributed by atoms with Crippen LogP contribution in [0.4, 0.5) is 8.78 Å². The van der Waals surface area contributed by atoms with Crippen molar-refractivity contribution < 1.29 is 8.78 Å². The minimum absolute atomic E-state index is 0.214. The first-order chi connectivity index (χ1) is 8.60. The lowest BCUT2D eigenvalue weighted by atomic mass is 10.2. The Morgan fingerprint density at radius 1 is 1.11 bits per heavy atom. The molecule has 0 fully saturated rings. The van der Waals surface area contributed by atoms with Crippen LogP contribution in [0.1, 0.15) is 5.56 Å². The molecule has 18 heavy (non-hydrogen) atoms. The van der Waals surface area contributed by atoms with Crippen LogP contribution in [-0.2, 0) is 0 Å². The van der Waals surface area contributed by atoms with E-state index < -0.39 is 11.6 Å². The first-order valence-electron chi connectivity index (χ1n) is 4.92. The Hall–Kier alpha value is -1.38. The third-order valence-corrected chi connectivity index (χ3v) is 3.86. The predicted molar refractivity (Wildman–Crippen MR) is 69.3 cm³/mol. The summed E-state index contributed by atoms with van der Waals surface area (Å²) in [6.45, 7) is 0. The summed E-state index contributed by atoms with van der Waals surface area (Å²) in [6, 6.07) is 10.4. The van der Waals surface area contributed by atoms with Gasteiger partial charge in [0.1, 0.15) is 17.7 Å². The number of halogens is 3. The van der Waals surface area contributed by atoms with Crippen LogP contribution in [0.25, 0.3) is 0 Å². The third-order valence-electron chi connectivity index (χ3n) is 2.18. The molecule has 0 heterocycles. The lowest BCUT2D eigenvalue weighted by Gasteiger charge is -2.04. The van der Waals surface area contributed by atoms with Crippen molar-refractivity contribution in [2.24, 2.45) is 0 Å². The summed E-state index contributed by atoms with van der Waals surface area (Å²) >= 11 is 4.36. The van der Waals surface area contributed by atoms with Gasteiger partial charge < -0.3 is 0 Å². The monoisotopic (exact) mass is 325 g/mol. The number of benzene rings is 2. The summed E-state index contributed by atoms with van der Waals surface area (Å²) in [5, 5.41) is 8.78. The summed E-state index contributed by atoms with van der Waals surface area (Å²) < 4.78 is 27.1. The molecular formula is C13H6BrF2NS. The highest BCUT2D eigenvalue weighted by atomic mass is 79.9. The Morgan fingerprint density at radius 2 is 1.89 bits per heavy atom. The molecule has 0 aliphatic carbocycles. The maximum atomic E-state index is 13.4. The highest BCUT2D eigenvalue weighted by molar-refractivity contribution is 9.10. The molecule has 2 rings (SSSR count). The summed E-state index contributed by atoms with van der Waals surface area (Å²) in [6.07, 6.45) is 0. The van der Waals surface area contributed by atoms with Crippen LogP contribution >= 0.6 is 27.7 Å². The average Bonchev–Trinajstić information content (AvgIpc) is 2.34. The molecule has 0 atom stereocenters. The van der Waals surface area contributed by atoms with Crippen LogP contribution < -0.4 is 0 Å². The zero-order valence-corrected chi connectivity index (χ0v) is 11.4. The topological polar surface area (TPSA) is 23.8 Å². The molecule has 5 heteroatoms. The van der Waals surface area contributed by atoms with E-state index in [9.17, 15) is 8.78 Å². The third kappa shape index (κ3) is 2.89. The van der Waals surface area contributed by atoms with Gasteiger partial charge in [0.2, 0.25) is 0 Å². The number of nitriles is 1. The van der Waals surface area contributed by atoms with Gasteiger partial charge in [0.15, 0.2) is 0 Å². The molecule has 0 saturated heterocycles. The van der Waals surface area contributed by atoms with E-state index in [1.54, 1.807) is 18.2 Å². The zero-order valence-electron chi connectivity index (χ0n) is 8.95. The molecule has 90 valence electrons. The molecule has 0 aliphatic heterocycles. The lowest BCUT2D eigenvalue weighted by Crippen LogP contribution is -1.84. The van der Waals surface area contributed by atoms with Gasteiger partial charge in [0.05, 0.1) is 10.5 Å². The van der Waals surface area contributed by atoms with Gasteiger partial charge in [0, 0.05) is 9.37 Å². The van der Waals surface area contributed by atoms with E-state index in [2.05, 4.69) is 15.9 Å². The molecule has 0 spiro atoms. The second-order valence-electron chi connectivity index (χ2n) is 3.43. The second kappa shape index (κ2) is 5.51. The summed E-state index contributed by atoms with van der Waals surface area (Å²) in [5.41, 5.74) is 0.499. The molecular weight excluding hydrogens is 320 g/mol. The predicted octanol–water partition coefficient (Wildman–Crippen LogP) is 4.75. The van der Waals surface area contributed by atoms with Gasteiger partial charge in [-0.15, -0.1) is 0 Å². The van der Waals surface area contributed by atoms with Crippen molar-refractivity contribution >= 4 is 27.7 Å². The number of hydrogen-bond acceptors (Lipinski definition) is 2. The Balaban J connectivity index is 2.32. The van der Waals surface area contributed by atoms with Crippen molar-refractivity contribution in [1.82, 2.24) is 0 Å². The Bertz CT molecular complexity index is 637. The van der Waals surface area contributed by atoms with Crippen molar-refractivity contribution in [2.45, 2.75) is 9.79 Å². The quantitative estimate of drug-likeness (QED) is 0.795. The highest BCUT2D eigenvalue weighted by Gasteiger charge is 2.07. The van der Waals surface area contributed by atoms with Crippen molar-refractivity contribution in [3.63, 3.8) is 0 Å². The van der Waals surface area contributed by atoms with E-state index in [1.165, 1.54) is 0 Å². The smallest absolute Gasteiger partial charge is 0.137 e. The summed E-state index contributed by atoms with van der Waals surface area (Å²) in [5.74, 6) is -0.950. The Labute approximate surface area is 116 Å². The van der Waals surface area contributed by atoms with Crippen LogP contribution in [0.5, 0.6) is 0 Å². The van der Waals surface area contributed by atoms with Crippen LogP contribution in [0.2, 0.25) is 0 Å². The fourth-order valence-electron chi connectivity index (χ4n) is 1.33. The summed E-state index contributed by atoms with van der Waals surface area (Å²) in [7, 11) is 0. The molecule has 0 saturated carbocycles. The number of hydrogen-bond donors (Lipinski definition) is 0. The van der Waals surface area contributed by atoms with Gasteiger partial charge >= 0.3 is 0 Å². The van der Waals surface area contributed by atoms with Crippen molar-refractivity contribution in [1.29, 1.82) is 5.26 Å². The molecule has 0 aromatic heterocycles. The largest absolute Gasteiger partial charge is 0.207 e. The maximum absolute atomic E-state index is 13.4. The Kier molecular flexibility index (Phi) is 4.00. The molecule has 1 nitrogen and oxygen atoms in total. The molecule has 2 aromatic rings. The SMILES string of the molecule is N#Cc1ccc(Sc2cc(F)ccc2F)cc1Br. The van der Waals surface area contributed by atoms with Crippen molar-refractivity contribution in [2.75, 3.05) is 0 Å². The van der Waals surface area contributed by atoms with Gasteiger partial charge in [-0.1, -0.05) is 11.8 Å². The standard InChI is InChI=1S/C13H6BrF2NS/c14-11-6-10(3-1-8(11)7-17)18-13-5-9(15)2-4-12(13)16/h1-6H. The molecule has 0 aliphatic rings. The van der Waals surface area contributed by atoms with Crippen LogP contribution in [0.3, 0.4) is 0 Å². The highest BCUT2D eigenvalue weighted by Crippen LogP contribution is 2.32. The molecule has 0 bridgehead atoms. The van der Waals surface area contributed by atoms with Gasteiger partial charge in [-0.25, -0.2) is 8.78 Å². The molecule has 2 aromatic carbocycles. The maximum Gasteiger partial charge on any atom is 0.137 e. The van der Waals surface area contributed by atoms with E-state index in [0.717, 1.165) is 34.9 Å². The molecule has 0 N–H and O–H groups in total. The van der Waals surface area contributed by atoms with Crippen molar-refractivity contribution in [3.8, 4) is 6.07 Å². The van der Waals surface area contributed by atoms with E-state index in [0.29, 0.717) is 10.0 Å². The normalized spacial score (nSPS) is 10.1.